The van der Waals surface area contributed by atoms with Crippen molar-refractivity contribution in [3.63, 3.8) is 0 Å². The molecule has 0 spiro atoms. The van der Waals surface area contributed by atoms with E-state index in [1.807, 2.05) is 30.3 Å². The van der Waals surface area contributed by atoms with E-state index in [2.05, 4.69) is 5.32 Å². The standard InChI is InChI=1S/C22H22ClNO4S/c23-22-20(27-15-16-11-13-24-14-12-16)9-4-10-21(22)29(25,26)28-19-8-3-6-17-5-1-2-7-18(17)19/h1-10,16,24H,11-15H2. The Balaban J connectivity index is 1.58. The molecule has 5 nitrogen and oxygen atoms in total. The minimum absolute atomic E-state index is 0.0432. The fourth-order valence-electron chi connectivity index (χ4n) is 3.48. The number of halogens is 1. The van der Waals surface area contributed by atoms with Crippen molar-refractivity contribution in [1.29, 1.82) is 0 Å². The summed E-state index contributed by atoms with van der Waals surface area (Å²) < 4.78 is 37.2. The van der Waals surface area contributed by atoms with E-state index in [0.29, 0.717) is 23.7 Å². The first-order valence-corrected chi connectivity index (χ1v) is 11.4. The highest BCUT2D eigenvalue weighted by Crippen LogP contribution is 2.35. The Bertz CT molecular complexity index is 1110. The molecule has 0 radical (unpaired) electrons. The molecular weight excluding hydrogens is 410 g/mol. The quantitative estimate of drug-likeness (QED) is 0.576. The summed E-state index contributed by atoms with van der Waals surface area (Å²) in [6.45, 7) is 2.44. The molecule has 0 atom stereocenters. The van der Waals surface area contributed by atoms with Gasteiger partial charge in [-0.2, -0.15) is 8.42 Å². The first-order chi connectivity index (χ1) is 14.0. The minimum atomic E-state index is -4.12. The summed E-state index contributed by atoms with van der Waals surface area (Å²) in [4.78, 5) is -0.102. The number of piperidine rings is 1. The summed E-state index contributed by atoms with van der Waals surface area (Å²) >= 11 is 6.40. The van der Waals surface area contributed by atoms with Gasteiger partial charge in [-0.15, -0.1) is 0 Å². The van der Waals surface area contributed by atoms with Crippen molar-refractivity contribution in [1.82, 2.24) is 5.32 Å². The Kier molecular flexibility index (Phi) is 5.94. The van der Waals surface area contributed by atoms with Crippen LogP contribution in [0.25, 0.3) is 10.8 Å². The molecule has 29 heavy (non-hydrogen) atoms. The third-order valence-corrected chi connectivity index (χ3v) is 6.86. The van der Waals surface area contributed by atoms with Crippen LogP contribution in [-0.4, -0.2) is 28.1 Å². The van der Waals surface area contributed by atoms with Gasteiger partial charge in [0.15, 0.2) is 5.75 Å². The van der Waals surface area contributed by atoms with Crippen molar-refractivity contribution in [2.24, 2.45) is 5.92 Å². The number of ether oxygens (including phenoxy) is 1. The summed E-state index contributed by atoms with van der Waals surface area (Å²) in [6, 6.07) is 17.5. The predicted molar refractivity (Wildman–Crippen MR) is 114 cm³/mol. The molecule has 3 aromatic rings. The summed E-state index contributed by atoms with van der Waals surface area (Å²) in [5, 5.41) is 4.96. The van der Waals surface area contributed by atoms with E-state index in [1.54, 1.807) is 24.3 Å². The van der Waals surface area contributed by atoms with Crippen molar-refractivity contribution in [3.05, 3.63) is 65.7 Å². The van der Waals surface area contributed by atoms with Crippen molar-refractivity contribution in [2.45, 2.75) is 17.7 Å². The first kappa shape index (κ1) is 20.0. The second kappa shape index (κ2) is 8.61. The van der Waals surface area contributed by atoms with Crippen LogP contribution in [0.3, 0.4) is 0 Å². The van der Waals surface area contributed by atoms with E-state index in [-0.39, 0.29) is 15.7 Å². The molecule has 1 aliphatic rings. The maximum Gasteiger partial charge on any atom is 0.340 e. The van der Waals surface area contributed by atoms with E-state index in [0.717, 1.165) is 31.3 Å². The summed E-state index contributed by atoms with van der Waals surface area (Å²) in [5.74, 6) is 1.05. The van der Waals surface area contributed by atoms with Gasteiger partial charge in [-0.1, -0.05) is 54.1 Å². The Morgan fingerprint density at radius 1 is 0.931 bits per heavy atom. The SMILES string of the molecule is O=S(=O)(Oc1cccc2ccccc12)c1cccc(OCC2CCNCC2)c1Cl. The molecular formula is C22H22ClNO4S. The first-order valence-electron chi connectivity index (χ1n) is 9.59. The average Bonchev–Trinajstić information content (AvgIpc) is 2.74. The molecule has 1 heterocycles. The molecule has 0 unspecified atom stereocenters. The molecule has 0 bridgehead atoms. The maximum absolute atomic E-state index is 13.0. The topological polar surface area (TPSA) is 64.6 Å². The Hall–Kier alpha value is -2.28. The summed E-state index contributed by atoms with van der Waals surface area (Å²) in [5.41, 5.74) is 0. The summed E-state index contributed by atoms with van der Waals surface area (Å²) in [7, 11) is -4.12. The van der Waals surface area contributed by atoms with Crippen LogP contribution in [0.5, 0.6) is 11.5 Å². The molecule has 1 aliphatic heterocycles. The van der Waals surface area contributed by atoms with Crippen LogP contribution in [0, 0.1) is 5.92 Å². The van der Waals surface area contributed by atoms with Gasteiger partial charge in [0.05, 0.1) is 6.61 Å². The third kappa shape index (κ3) is 4.50. The number of rotatable bonds is 6. The fourth-order valence-corrected chi connectivity index (χ4v) is 4.98. The Morgan fingerprint density at radius 2 is 1.62 bits per heavy atom. The molecule has 3 aromatic carbocycles. The van der Waals surface area contributed by atoms with Gasteiger partial charge >= 0.3 is 10.1 Å². The van der Waals surface area contributed by atoms with Crippen LogP contribution in [0.15, 0.2) is 65.6 Å². The van der Waals surface area contributed by atoms with Gasteiger partial charge in [-0.3, -0.25) is 0 Å². The lowest BCUT2D eigenvalue weighted by atomic mass is 9.99. The second-order valence-corrected chi connectivity index (χ2v) is 8.98. The predicted octanol–water partition coefficient (Wildman–Crippen LogP) is 4.64. The average molecular weight is 432 g/mol. The van der Waals surface area contributed by atoms with Gasteiger partial charge in [0.1, 0.15) is 15.7 Å². The number of nitrogens with one attached hydrogen (secondary N) is 1. The fraction of sp³-hybridized carbons (Fsp3) is 0.273. The normalized spacial score (nSPS) is 15.3. The van der Waals surface area contributed by atoms with Crippen LogP contribution in [0.2, 0.25) is 5.02 Å². The molecule has 7 heteroatoms. The van der Waals surface area contributed by atoms with Gasteiger partial charge in [-0.05, 0) is 55.4 Å². The van der Waals surface area contributed by atoms with E-state index in [4.69, 9.17) is 20.5 Å². The van der Waals surface area contributed by atoms with Gasteiger partial charge in [0.2, 0.25) is 0 Å². The zero-order valence-electron chi connectivity index (χ0n) is 15.8. The minimum Gasteiger partial charge on any atom is -0.492 e. The third-order valence-electron chi connectivity index (χ3n) is 5.08. The number of hydrogen-bond donors (Lipinski definition) is 1. The molecule has 152 valence electrons. The highest BCUT2D eigenvalue weighted by molar-refractivity contribution is 7.87. The molecule has 1 fully saturated rings. The Labute approximate surface area is 175 Å². The number of hydrogen-bond acceptors (Lipinski definition) is 5. The van der Waals surface area contributed by atoms with Crippen molar-refractivity contribution in [3.8, 4) is 11.5 Å². The van der Waals surface area contributed by atoms with Gasteiger partial charge in [0.25, 0.3) is 0 Å². The van der Waals surface area contributed by atoms with Gasteiger partial charge in [0, 0.05) is 5.39 Å². The van der Waals surface area contributed by atoms with E-state index < -0.39 is 10.1 Å². The zero-order valence-corrected chi connectivity index (χ0v) is 17.4. The molecule has 0 saturated carbocycles. The molecule has 4 rings (SSSR count). The van der Waals surface area contributed by atoms with Crippen molar-refractivity contribution < 1.29 is 17.3 Å². The molecule has 0 aromatic heterocycles. The van der Waals surface area contributed by atoms with Crippen LogP contribution in [0.1, 0.15) is 12.8 Å². The molecule has 1 saturated heterocycles. The second-order valence-electron chi connectivity index (χ2n) is 7.09. The van der Waals surface area contributed by atoms with Crippen LogP contribution in [0.4, 0.5) is 0 Å². The highest BCUT2D eigenvalue weighted by atomic mass is 35.5. The summed E-state index contributed by atoms with van der Waals surface area (Å²) in [6.07, 6.45) is 2.06. The highest BCUT2D eigenvalue weighted by Gasteiger charge is 2.24. The van der Waals surface area contributed by atoms with Crippen LogP contribution < -0.4 is 14.2 Å². The van der Waals surface area contributed by atoms with E-state index in [1.165, 1.54) is 6.07 Å². The lowest BCUT2D eigenvalue weighted by Gasteiger charge is -2.23. The molecule has 1 N–H and O–H groups in total. The number of benzene rings is 3. The maximum atomic E-state index is 13.0. The monoisotopic (exact) mass is 431 g/mol. The molecule has 0 aliphatic carbocycles. The zero-order chi connectivity index (χ0) is 20.3. The largest absolute Gasteiger partial charge is 0.492 e. The van der Waals surface area contributed by atoms with Crippen molar-refractivity contribution >= 4 is 32.5 Å². The van der Waals surface area contributed by atoms with E-state index >= 15 is 0 Å². The van der Waals surface area contributed by atoms with Gasteiger partial charge in [-0.25, -0.2) is 0 Å². The smallest absolute Gasteiger partial charge is 0.340 e. The van der Waals surface area contributed by atoms with Crippen molar-refractivity contribution in [2.75, 3.05) is 19.7 Å². The Morgan fingerprint density at radius 3 is 2.45 bits per heavy atom. The lowest BCUT2D eigenvalue weighted by molar-refractivity contribution is 0.215. The van der Waals surface area contributed by atoms with Crippen LogP contribution >= 0.6 is 11.6 Å². The van der Waals surface area contributed by atoms with Crippen LogP contribution in [-0.2, 0) is 10.1 Å². The number of fused-ring (bicyclic) bond motifs is 1. The molecule has 0 amide bonds. The van der Waals surface area contributed by atoms with E-state index in [9.17, 15) is 8.42 Å². The van der Waals surface area contributed by atoms with Gasteiger partial charge < -0.3 is 14.2 Å². The lowest BCUT2D eigenvalue weighted by Crippen LogP contribution is -2.30.